The Morgan fingerprint density at radius 2 is 1.92 bits per heavy atom. The van der Waals surface area contributed by atoms with Crippen LogP contribution in [0.3, 0.4) is 0 Å². The van der Waals surface area contributed by atoms with E-state index in [-0.39, 0.29) is 13.0 Å². The molecule has 1 saturated heterocycles. The first-order valence-corrected chi connectivity index (χ1v) is 8.56. The highest BCUT2D eigenvalue weighted by Crippen LogP contribution is 2.32. The van der Waals surface area contributed by atoms with Crippen molar-refractivity contribution in [3.8, 4) is 0 Å². The first-order chi connectivity index (χ1) is 12.0. The Morgan fingerprint density at radius 1 is 1.27 bits per heavy atom. The lowest BCUT2D eigenvalue weighted by atomic mass is 9.82. The number of carboxylic acid groups (broad SMARTS) is 1. The molecule has 2 N–H and O–H groups in total. The largest absolute Gasteiger partial charge is 0.480 e. The fraction of sp³-hybridized carbons (Fsp3) is 0.412. The smallest absolute Gasteiger partial charge is 0.322 e. The molecule has 1 aliphatic rings. The third kappa shape index (κ3) is 4.34. The number of carbonyl (C=O) groups is 4. The summed E-state index contributed by atoms with van der Waals surface area (Å²) in [5.74, 6) is -4.92. The molecule has 0 bridgehead atoms. The Morgan fingerprint density at radius 3 is 2.50 bits per heavy atom. The Kier molecular flexibility index (Phi) is 5.93. The Hall–Kier alpha value is -2.12. The van der Waals surface area contributed by atoms with Gasteiger partial charge in [-0.25, -0.2) is 0 Å². The van der Waals surface area contributed by atoms with E-state index in [4.69, 9.17) is 28.3 Å². The number of amides is 2. The number of likely N-dealkylation sites (tertiary alicyclic amines) is 1. The van der Waals surface area contributed by atoms with Crippen LogP contribution in [0.2, 0.25) is 10.0 Å². The van der Waals surface area contributed by atoms with Crippen molar-refractivity contribution in [1.82, 2.24) is 10.2 Å². The lowest BCUT2D eigenvalue weighted by Crippen LogP contribution is -2.60. The monoisotopic (exact) mass is 400 g/mol. The summed E-state index contributed by atoms with van der Waals surface area (Å²) in [6.07, 6.45) is -0.0226. The first-order valence-electron chi connectivity index (χ1n) is 7.80. The Bertz CT molecular complexity index is 778. The highest BCUT2D eigenvalue weighted by molar-refractivity contribution is 6.42. The van der Waals surface area contributed by atoms with E-state index in [0.717, 1.165) is 0 Å². The highest BCUT2D eigenvalue weighted by atomic mass is 35.5. The van der Waals surface area contributed by atoms with Crippen LogP contribution in [0.25, 0.3) is 0 Å². The lowest BCUT2D eigenvalue weighted by Gasteiger charge is -2.44. The minimum Gasteiger partial charge on any atom is -0.480 e. The molecule has 0 aliphatic carbocycles. The van der Waals surface area contributed by atoms with Crippen LogP contribution in [0.4, 0.5) is 0 Å². The van der Waals surface area contributed by atoms with E-state index >= 15 is 0 Å². The van der Waals surface area contributed by atoms with Crippen LogP contribution in [0.5, 0.6) is 0 Å². The summed E-state index contributed by atoms with van der Waals surface area (Å²) >= 11 is 11.9. The topological polar surface area (TPSA) is 104 Å². The van der Waals surface area contributed by atoms with Gasteiger partial charge in [-0.1, -0.05) is 29.3 Å². The molecule has 140 valence electrons. The number of benzene rings is 1. The van der Waals surface area contributed by atoms with Crippen LogP contribution in [-0.2, 0) is 25.7 Å². The number of aliphatic carboxylic acids is 1. The van der Waals surface area contributed by atoms with Crippen molar-refractivity contribution in [2.45, 2.75) is 32.4 Å². The van der Waals surface area contributed by atoms with Gasteiger partial charge in [0.05, 0.1) is 10.0 Å². The average Bonchev–Trinajstić information content (AvgIpc) is 2.52. The van der Waals surface area contributed by atoms with E-state index in [2.05, 4.69) is 5.32 Å². The third-order valence-corrected chi connectivity index (χ3v) is 4.91. The standard InChI is InChI=1S/C17H18Cl2N2O5/c1-17(2)6-12(22)14(15(25)20-7-13(23)24)16(26)21(17)8-9-3-4-10(18)11(19)5-9/h3-5,14H,6-8H2,1-2H3,(H,20,25)(H,23,24). The summed E-state index contributed by atoms with van der Waals surface area (Å²) in [5.41, 5.74) is -0.107. The zero-order valence-corrected chi connectivity index (χ0v) is 15.7. The molecule has 0 radical (unpaired) electrons. The molecule has 7 nitrogen and oxygen atoms in total. The summed E-state index contributed by atoms with van der Waals surface area (Å²) in [6, 6.07) is 4.92. The molecule has 0 aromatic heterocycles. The van der Waals surface area contributed by atoms with Gasteiger partial charge in [0.2, 0.25) is 11.8 Å². The zero-order valence-electron chi connectivity index (χ0n) is 14.2. The molecule has 0 spiro atoms. The fourth-order valence-electron chi connectivity index (χ4n) is 2.85. The van der Waals surface area contributed by atoms with E-state index in [9.17, 15) is 19.2 Å². The van der Waals surface area contributed by atoms with Crippen LogP contribution in [0.1, 0.15) is 25.8 Å². The van der Waals surface area contributed by atoms with Gasteiger partial charge >= 0.3 is 5.97 Å². The molecule has 1 fully saturated rings. The molecular weight excluding hydrogens is 383 g/mol. The molecule has 26 heavy (non-hydrogen) atoms. The molecule has 1 aromatic rings. The molecule has 1 unspecified atom stereocenters. The number of nitrogens with one attached hydrogen (secondary N) is 1. The van der Waals surface area contributed by atoms with Gasteiger partial charge in [0, 0.05) is 18.5 Å². The number of nitrogens with zero attached hydrogens (tertiary/aromatic N) is 1. The second-order valence-electron chi connectivity index (χ2n) is 6.67. The molecule has 2 amide bonds. The van der Waals surface area contributed by atoms with Gasteiger partial charge in [-0.15, -0.1) is 0 Å². The summed E-state index contributed by atoms with van der Waals surface area (Å²) in [5, 5.41) is 11.5. The normalized spacial score (nSPS) is 19.4. The van der Waals surface area contributed by atoms with Crippen molar-refractivity contribution in [1.29, 1.82) is 0 Å². The molecular formula is C17H18Cl2N2O5. The number of piperidine rings is 1. The van der Waals surface area contributed by atoms with Gasteiger partial charge in [0.1, 0.15) is 6.54 Å². The number of halogens is 2. The molecule has 1 atom stereocenters. The van der Waals surface area contributed by atoms with Crippen LogP contribution in [0, 0.1) is 5.92 Å². The number of rotatable bonds is 5. The SMILES string of the molecule is CC1(C)CC(=O)C(C(=O)NCC(=O)O)C(=O)N1Cc1ccc(Cl)c(Cl)c1. The van der Waals surface area contributed by atoms with Gasteiger partial charge in [-0.3, -0.25) is 19.2 Å². The number of hydrogen-bond donors (Lipinski definition) is 2. The zero-order chi connectivity index (χ0) is 19.6. The number of carbonyl (C=O) groups excluding carboxylic acids is 3. The summed E-state index contributed by atoms with van der Waals surface area (Å²) in [6.45, 7) is 2.93. The van der Waals surface area contributed by atoms with E-state index in [1.54, 1.807) is 32.0 Å². The van der Waals surface area contributed by atoms with E-state index in [0.29, 0.717) is 15.6 Å². The molecule has 2 rings (SSSR count). The Labute approximate surface area is 160 Å². The minimum atomic E-state index is -1.55. The van der Waals surface area contributed by atoms with Crippen molar-refractivity contribution in [2.75, 3.05) is 6.54 Å². The second kappa shape index (κ2) is 7.63. The third-order valence-electron chi connectivity index (χ3n) is 4.17. The molecule has 1 aliphatic heterocycles. The quantitative estimate of drug-likeness (QED) is 0.734. The van der Waals surface area contributed by atoms with Gasteiger partial charge in [-0.2, -0.15) is 0 Å². The van der Waals surface area contributed by atoms with Gasteiger partial charge in [0.15, 0.2) is 11.7 Å². The lowest BCUT2D eigenvalue weighted by molar-refractivity contribution is -0.158. The maximum atomic E-state index is 12.8. The molecule has 1 heterocycles. The van der Waals surface area contributed by atoms with Crippen LogP contribution in [-0.4, -0.2) is 45.7 Å². The van der Waals surface area contributed by atoms with E-state index in [1.807, 2.05) is 0 Å². The summed E-state index contributed by atoms with van der Waals surface area (Å²) in [4.78, 5) is 49.3. The van der Waals surface area contributed by atoms with Crippen molar-refractivity contribution in [3.63, 3.8) is 0 Å². The molecule has 0 saturated carbocycles. The second-order valence-corrected chi connectivity index (χ2v) is 7.49. The van der Waals surface area contributed by atoms with E-state index in [1.165, 1.54) is 4.90 Å². The Balaban J connectivity index is 2.26. The summed E-state index contributed by atoms with van der Waals surface area (Å²) < 4.78 is 0. The maximum Gasteiger partial charge on any atom is 0.322 e. The van der Waals surface area contributed by atoms with Crippen molar-refractivity contribution in [2.24, 2.45) is 5.92 Å². The van der Waals surface area contributed by atoms with Gasteiger partial charge in [0.25, 0.3) is 0 Å². The van der Waals surface area contributed by atoms with Crippen molar-refractivity contribution >= 4 is 46.8 Å². The number of hydrogen-bond acceptors (Lipinski definition) is 4. The van der Waals surface area contributed by atoms with E-state index < -0.39 is 41.6 Å². The van der Waals surface area contributed by atoms with Crippen LogP contribution < -0.4 is 5.32 Å². The predicted molar refractivity (Wildman–Crippen MR) is 94.9 cm³/mol. The number of ketones is 1. The maximum absolute atomic E-state index is 12.8. The van der Waals surface area contributed by atoms with Crippen molar-refractivity contribution in [3.05, 3.63) is 33.8 Å². The molecule has 1 aromatic carbocycles. The summed E-state index contributed by atoms with van der Waals surface area (Å²) in [7, 11) is 0. The minimum absolute atomic E-state index is 0.0226. The van der Waals surface area contributed by atoms with Gasteiger partial charge < -0.3 is 15.3 Å². The fourth-order valence-corrected chi connectivity index (χ4v) is 3.17. The van der Waals surface area contributed by atoms with Crippen LogP contribution in [0.15, 0.2) is 18.2 Å². The molecule has 9 heteroatoms. The highest BCUT2D eigenvalue weighted by Gasteiger charge is 2.48. The van der Waals surface area contributed by atoms with Crippen LogP contribution >= 0.6 is 23.2 Å². The first kappa shape index (κ1) is 20.2. The van der Waals surface area contributed by atoms with Crippen molar-refractivity contribution < 1.29 is 24.3 Å². The average molecular weight is 401 g/mol. The number of Topliss-reactive ketones (excluding diaryl/α,β-unsaturated/α-hetero) is 1. The number of carboxylic acids is 1. The predicted octanol–water partition coefficient (Wildman–Crippen LogP) is 1.89. The van der Waals surface area contributed by atoms with Gasteiger partial charge in [-0.05, 0) is 31.5 Å².